The Morgan fingerprint density at radius 1 is 1.40 bits per heavy atom. The van der Waals surface area contributed by atoms with Crippen LogP contribution in [0, 0.1) is 0 Å². The summed E-state index contributed by atoms with van der Waals surface area (Å²) in [5, 5.41) is 12.0. The first-order valence-electron chi connectivity index (χ1n) is 4.33. The molecule has 7 heteroatoms. The predicted octanol–water partition coefficient (Wildman–Crippen LogP) is 1.31. The highest BCUT2D eigenvalue weighted by Crippen LogP contribution is 2.26. The van der Waals surface area contributed by atoms with Crippen molar-refractivity contribution in [3.8, 4) is 10.7 Å². The molecule has 0 saturated carbocycles. The Morgan fingerprint density at radius 3 is 2.80 bits per heavy atom. The van der Waals surface area contributed by atoms with Crippen LogP contribution in [0.5, 0.6) is 0 Å². The van der Waals surface area contributed by atoms with E-state index in [9.17, 15) is 0 Å². The number of aromatic nitrogens is 3. The van der Waals surface area contributed by atoms with Crippen LogP contribution in [0.25, 0.3) is 10.7 Å². The average molecular weight is 241 g/mol. The van der Waals surface area contributed by atoms with Gasteiger partial charge in [-0.2, -0.15) is 0 Å². The second-order valence-corrected chi connectivity index (χ2v) is 5.26. The highest BCUT2D eigenvalue weighted by atomic mass is 32.1. The number of anilines is 1. The quantitative estimate of drug-likeness (QED) is 0.877. The van der Waals surface area contributed by atoms with E-state index < -0.39 is 0 Å². The lowest BCUT2D eigenvalue weighted by molar-refractivity contribution is 0.402. The molecule has 0 aliphatic rings. The van der Waals surface area contributed by atoms with Crippen LogP contribution < -0.4 is 5.73 Å². The van der Waals surface area contributed by atoms with E-state index in [0.717, 1.165) is 22.3 Å². The fraction of sp³-hybridized carbons (Fsp3) is 0.375. The monoisotopic (exact) mass is 241 g/mol. The van der Waals surface area contributed by atoms with Crippen LogP contribution >= 0.6 is 22.7 Å². The van der Waals surface area contributed by atoms with Gasteiger partial charge < -0.3 is 10.6 Å². The van der Waals surface area contributed by atoms with Gasteiger partial charge in [-0.1, -0.05) is 11.3 Å². The van der Waals surface area contributed by atoms with Gasteiger partial charge in [0.25, 0.3) is 0 Å². The van der Waals surface area contributed by atoms with Gasteiger partial charge in [-0.15, -0.1) is 21.5 Å². The summed E-state index contributed by atoms with van der Waals surface area (Å²) in [7, 11) is 4.04. The molecule has 0 spiro atoms. The van der Waals surface area contributed by atoms with Crippen molar-refractivity contribution in [2.45, 2.75) is 6.54 Å². The molecule has 2 rings (SSSR count). The minimum absolute atomic E-state index is 0.479. The van der Waals surface area contributed by atoms with Crippen LogP contribution in [0.15, 0.2) is 5.38 Å². The normalized spacial score (nSPS) is 11.1. The molecule has 0 fully saturated rings. The third kappa shape index (κ3) is 2.49. The summed E-state index contributed by atoms with van der Waals surface area (Å²) in [5.41, 5.74) is 6.38. The summed E-state index contributed by atoms with van der Waals surface area (Å²) >= 11 is 2.99. The number of nitrogens with zero attached hydrogens (tertiary/aromatic N) is 4. The number of nitrogen functional groups attached to an aromatic ring is 1. The van der Waals surface area contributed by atoms with E-state index in [1.807, 2.05) is 19.5 Å². The van der Waals surface area contributed by atoms with Crippen molar-refractivity contribution in [1.29, 1.82) is 0 Å². The molecule has 80 valence electrons. The van der Waals surface area contributed by atoms with Crippen LogP contribution in [0.1, 0.15) is 5.01 Å². The molecule has 0 aliphatic carbocycles. The van der Waals surface area contributed by atoms with Crippen LogP contribution in [-0.2, 0) is 6.54 Å². The summed E-state index contributed by atoms with van der Waals surface area (Å²) in [5.74, 6) is 0. The molecule has 15 heavy (non-hydrogen) atoms. The Morgan fingerprint density at radius 2 is 2.20 bits per heavy atom. The van der Waals surface area contributed by atoms with Crippen molar-refractivity contribution in [2.75, 3.05) is 19.8 Å². The fourth-order valence-corrected chi connectivity index (χ4v) is 2.63. The zero-order valence-corrected chi connectivity index (χ0v) is 10.1. The highest BCUT2D eigenvalue weighted by Gasteiger charge is 2.09. The standard InChI is InChI=1S/C8H11N5S2/c1-13(2)3-6-10-5(4-14-6)7-11-12-8(9)15-7/h4H,3H2,1-2H3,(H2,9,12). The Balaban J connectivity index is 2.20. The lowest BCUT2D eigenvalue weighted by Gasteiger charge is -2.04. The van der Waals surface area contributed by atoms with Gasteiger partial charge in [0.1, 0.15) is 10.7 Å². The minimum Gasteiger partial charge on any atom is -0.374 e. The molecule has 0 aromatic carbocycles. The van der Waals surface area contributed by atoms with E-state index in [1.165, 1.54) is 11.3 Å². The molecule has 0 radical (unpaired) electrons. The third-order valence-corrected chi connectivity index (χ3v) is 3.27. The average Bonchev–Trinajstić information content (AvgIpc) is 2.72. The molecule has 0 aliphatic heterocycles. The summed E-state index contributed by atoms with van der Waals surface area (Å²) < 4.78 is 0. The van der Waals surface area contributed by atoms with Crippen molar-refractivity contribution in [1.82, 2.24) is 20.1 Å². The molecule has 0 saturated heterocycles. The number of thiazole rings is 1. The summed E-state index contributed by atoms with van der Waals surface area (Å²) in [6.07, 6.45) is 0. The first kappa shape index (κ1) is 10.5. The maximum Gasteiger partial charge on any atom is 0.203 e. The van der Waals surface area contributed by atoms with Crippen molar-refractivity contribution in [3.05, 3.63) is 10.4 Å². The van der Waals surface area contributed by atoms with E-state index >= 15 is 0 Å². The van der Waals surface area contributed by atoms with Gasteiger partial charge in [0.15, 0.2) is 5.01 Å². The van der Waals surface area contributed by atoms with Crippen molar-refractivity contribution < 1.29 is 0 Å². The largest absolute Gasteiger partial charge is 0.374 e. The molecule has 0 amide bonds. The van der Waals surface area contributed by atoms with E-state index in [4.69, 9.17) is 5.73 Å². The molecule has 2 N–H and O–H groups in total. The van der Waals surface area contributed by atoms with Crippen molar-refractivity contribution in [3.63, 3.8) is 0 Å². The molecular weight excluding hydrogens is 230 g/mol. The molecule has 5 nitrogen and oxygen atoms in total. The van der Waals surface area contributed by atoms with Crippen LogP contribution in [0.4, 0.5) is 5.13 Å². The van der Waals surface area contributed by atoms with E-state index in [2.05, 4.69) is 20.1 Å². The van der Waals surface area contributed by atoms with Gasteiger partial charge in [0, 0.05) is 11.9 Å². The maximum absolute atomic E-state index is 5.52. The van der Waals surface area contributed by atoms with Gasteiger partial charge in [0.2, 0.25) is 5.13 Å². The summed E-state index contributed by atoms with van der Waals surface area (Å²) in [4.78, 5) is 6.54. The Hall–Kier alpha value is -1.05. The topological polar surface area (TPSA) is 67.9 Å². The van der Waals surface area contributed by atoms with E-state index in [0.29, 0.717) is 5.13 Å². The summed E-state index contributed by atoms with van der Waals surface area (Å²) in [6, 6.07) is 0. The zero-order chi connectivity index (χ0) is 10.8. The van der Waals surface area contributed by atoms with Crippen LogP contribution in [0.2, 0.25) is 0 Å². The molecule has 0 atom stereocenters. The van der Waals surface area contributed by atoms with Gasteiger partial charge in [-0.05, 0) is 14.1 Å². The van der Waals surface area contributed by atoms with E-state index in [-0.39, 0.29) is 0 Å². The number of nitrogens with two attached hydrogens (primary N) is 1. The Labute approximate surface area is 95.6 Å². The fourth-order valence-electron chi connectivity index (χ4n) is 1.09. The SMILES string of the molecule is CN(C)Cc1nc(-c2nnc(N)s2)cs1. The third-order valence-electron chi connectivity index (χ3n) is 1.66. The van der Waals surface area contributed by atoms with Gasteiger partial charge in [-0.25, -0.2) is 4.98 Å². The molecule has 2 aromatic heterocycles. The lowest BCUT2D eigenvalue weighted by atomic mass is 10.5. The van der Waals surface area contributed by atoms with Crippen molar-refractivity contribution in [2.24, 2.45) is 0 Å². The number of hydrogen-bond donors (Lipinski definition) is 1. The lowest BCUT2D eigenvalue weighted by Crippen LogP contribution is -2.10. The van der Waals surface area contributed by atoms with Gasteiger partial charge in [0.05, 0.1) is 0 Å². The smallest absolute Gasteiger partial charge is 0.203 e. The molecule has 2 heterocycles. The second kappa shape index (κ2) is 4.21. The van der Waals surface area contributed by atoms with Crippen molar-refractivity contribution >= 4 is 27.8 Å². The van der Waals surface area contributed by atoms with Gasteiger partial charge in [-0.3, -0.25) is 0 Å². The second-order valence-electron chi connectivity index (χ2n) is 3.31. The van der Waals surface area contributed by atoms with Crippen LogP contribution in [0.3, 0.4) is 0 Å². The molecule has 0 bridgehead atoms. The Kier molecular flexibility index (Phi) is 2.94. The Bertz CT molecular complexity index is 447. The number of hydrogen-bond acceptors (Lipinski definition) is 7. The van der Waals surface area contributed by atoms with E-state index in [1.54, 1.807) is 11.3 Å². The summed E-state index contributed by atoms with van der Waals surface area (Å²) in [6.45, 7) is 0.846. The molecule has 0 unspecified atom stereocenters. The molecular formula is C8H11N5S2. The number of rotatable bonds is 3. The van der Waals surface area contributed by atoms with Crippen LogP contribution in [-0.4, -0.2) is 34.2 Å². The molecule has 2 aromatic rings. The highest BCUT2D eigenvalue weighted by molar-refractivity contribution is 7.18. The first-order valence-corrected chi connectivity index (χ1v) is 6.03. The van der Waals surface area contributed by atoms with Gasteiger partial charge >= 0.3 is 0 Å². The zero-order valence-electron chi connectivity index (χ0n) is 8.47. The predicted molar refractivity (Wildman–Crippen MR) is 62.8 cm³/mol. The first-order chi connectivity index (χ1) is 7.15. The maximum atomic E-state index is 5.52. The minimum atomic E-state index is 0.479.